The molecule has 1 aromatic heterocycles. The van der Waals surface area contributed by atoms with Crippen LogP contribution in [0.4, 0.5) is 5.13 Å². The first-order valence-corrected chi connectivity index (χ1v) is 8.07. The molecule has 1 unspecified atom stereocenters. The Balaban J connectivity index is 2.22. The van der Waals surface area contributed by atoms with Crippen molar-refractivity contribution in [2.75, 3.05) is 5.32 Å². The lowest BCUT2D eigenvalue weighted by molar-refractivity contribution is -0.115. The van der Waals surface area contributed by atoms with E-state index < -0.39 is 0 Å². The highest BCUT2D eigenvalue weighted by molar-refractivity contribution is 9.10. The number of amides is 1. The van der Waals surface area contributed by atoms with Gasteiger partial charge in [0.1, 0.15) is 0 Å². The highest BCUT2D eigenvalue weighted by Crippen LogP contribution is 2.29. The second-order valence-electron chi connectivity index (χ2n) is 4.69. The molecule has 0 saturated heterocycles. The number of carbonyl (C=O) groups is 1. The van der Waals surface area contributed by atoms with E-state index in [0.717, 1.165) is 28.6 Å². The molecule has 0 fully saturated rings. The molecule has 2 aromatic rings. The Hall–Kier alpha value is -0.940. The lowest BCUT2D eigenvalue weighted by Crippen LogP contribution is -2.22. The molecule has 1 N–H and O–H groups in total. The van der Waals surface area contributed by atoms with Gasteiger partial charge in [0.2, 0.25) is 5.91 Å². The summed E-state index contributed by atoms with van der Waals surface area (Å²) >= 11 is 4.92. The maximum Gasteiger partial charge on any atom is 0.239 e. The fourth-order valence-electron chi connectivity index (χ4n) is 1.99. The number of hydrogen-bond donors (Lipinski definition) is 1. The lowest BCUT2D eigenvalue weighted by atomic mass is 10.1. The maximum atomic E-state index is 11.9. The second-order valence-corrected chi connectivity index (χ2v) is 6.83. The maximum absolute atomic E-state index is 11.9. The number of anilines is 1. The zero-order valence-electron chi connectivity index (χ0n) is 11.3. The van der Waals surface area contributed by atoms with Gasteiger partial charge in [0, 0.05) is 0 Å². The molecular weight excluding hydrogens is 324 g/mol. The Bertz CT molecular complexity index is 609. The van der Waals surface area contributed by atoms with Crippen molar-refractivity contribution in [2.24, 2.45) is 0 Å². The first-order valence-electron chi connectivity index (χ1n) is 6.34. The van der Waals surface area contributed by atoms with Gasteiger partial charge in [0.25, 0.3) is 0 Å². The quantitative estimate of drug-likeness (QED) is 0.837. The predicted molar refractivity (Wildman–Crippen MR) is 85.3 cm³/mol. The number of nitrogens with one attached hydrogen (secondary N) is 1. The van der Waals surface area contributed by atoms with E-state index in [4.69, 9.17) is 0 Å². The van der Waals surface area contributed by atoms with Crippen molar-refractivity contribution in [1.82, 2.24) is 4.98 Å². The second kappa shape index (κ2) is 6.01. The summed E-state index contributed by atoms with van der Waals surface area (Å²) in [6, 6.07) is 4.21. The number of halogens is 1. The molecular formula is C14H17BrN2OS. The molecule has 0 spiro atoms. The van der Waals surface area contributed by atoms with Crippen LogP contribution in [0.5, 0.6) is 0 Å². The van der Waals surface area contributed by atoms with Crippen molar-refractivity contribution in [1.29, 1.82) is 0 Å². The summed E-state index contributed by atoms with van der Waals surface area (Å²) in [5, 5.41) is 3.56. The predicted octanol–water partition coefficient (Wildman–Crippen LogP) is 4.42. The molecule has 1 atom stereocenters. The van der Waals surface area contributed by atoms with Crippen LogP contribution in [-0.2, 0) is 4.79 Å². The topological polar surface area (TPSA) is 42.0 Å². The Kier molecular flexibility index (Phi) is 4.58. The summed E-state index contributed by atoms with van der Waals surface area (Å²) in [5.41, 5.74) is 3.35. The van der Waals surface area contributed by atoms with Crippen LogP contribution in [-0.4, -0.2) is 15.7 Å². The molecule has 1 aromatic carbocycles. The molecule has 1 heterocycles. The molecule has 0 radical (unpaired) electrons. The fourth-order valence-corrected chi connectivity index (χ4v) is 3.61. The average Bonchev–Trinajstić information content (AvgIpc) is 2.72. The van der Waals surface area contributed by atoms with E-state index in [2.05, 4.69) is 52.2 Å². The largest absolute Gasteiger partial charge is 0.301 e. The summed E-state index contributed by atoms with van der Waals surface area (Å²) in [5.74, 6) is -0.0183. The smallest absolute Gasteiger partial charge is 0.239 e. The van der Waals surface area contributed by atoms with Crippen molar-refractivity contribution >= 4 is 48.5 Å². The number of hydrogen-bond acceptors (Lipinski definition) is 3. The van der Waals surface area contributed by atoms with Crippen LogP contribution in [0.15, 0.2) is 12.1 Å². The van der Waals surface area contributed by atoms with Gasteiger partial charge in [-0.2, -0.15) is 0 Å². The minimum atomic E-state index is -0.146. The van der Waals surface area contributed by atoms with Crippen molar-refractivity contribution in [3.63, 3.8) is 0 Å². The van der Waals surface area contributed by atoms with E-state index in [1.807, 2.05) is 6.92 Å². The van der Waals surface area contributed by atoms with Crippen LogP contribution >= 0.6 is 27.3 Å². The number of fused-ring (bicyclic) bond motifs is 1. The van der Waals surface area contributed by atoms with Crippen molar-refractivity contribution in [2.45, 2.75) is 38.4 Å². The number of rotatable bonds is 4. The van der Waals surface area contributed by atoms with E-state index in [-0.39, 0.29) is 10.7 Å². The molecule has 0 saturated carbocycles. The van der Waals surface area contributed by atoms with Crippen LogP contribution in [0.3, 0.4) is 0 Å². The third-order valence-electron chi connectivity index (χ3n) is 2.89. The number of nitrogens with zero attached hydrogens (tertiary/aromatic N) is 1. The zero-order valence-corrected chi connectivity index (χ0v) is 13.7. The first-order chi connectivity index (χ1) is 9.01. The standard InChI is InChI=1S/C14H17BrN2OS/c1-4-5-10(15)13(18)17-14-16-12-9(3)6-8(2)7-11(12)19-14/h6-7,10H,4-5H2,1-3H3,(H,16,17,18). The molecule has 5 heteroatoms. The van der Waals surface area contributed by atoms with Crippen molar-refractivity contribution < 1.29 is 4.79 Å². The van der Waals surface area contributed by atoms with E-state index in [9.17, 15) is 4.79 Å². The minimum absolute atomic E-state index is 0.0183. The zero-order chi connectivity index (χ0) is 14.0. The number of carbonyl (C=O) groups excluding carboxylic acids is 1. The van der Waals surface area contributed by atoms with Crippen LogP contribution in [0, 0.1) is 13.8 Å². The van der Waals surface area contributed by atoms with E-state index in [1.165, 1.54) is 16.9 Å². The van der Waals surface area contributed by atoms with Gasteiger partial charge in [-0.1, -0.05) is 46.7 Å². The molecule has 2 rings (SSSR count). The van der Waals surface area contributed by atoms with Crippen LogP contribution in [0.25, 0.3) is 10.2 Å². The number of benzene rings is 1. The van der Waals surface area contributed by atoms with Crippen LogP contribution < -0.4 is 5.32 Å². The molecule has 0 aliphatic rings. The summed E-state index contributed by atoms with van der Waals surface area (Å²) in [6.45, 7) is 6.18. The van der Waals surface area contributed by atoms with E-state index in [0.29, 0.717) is 5.13 Å². The SMILES string of the molecule is CCCC(Br)C(=O)Nc1nc2c(C)cc(C)cc2s1. The van der Waals surface area contributed by atoms with Gasteiger partial charge >= 0.3 is 0 Å². The lowest BCUT2D eigenvalue weighted by Gasteiger charge is -2.06. The Labute approximate surface area is 125 Å². The third-order valence-corrected chi connectivity index (χ3v) is 4.68. The fraction of sp³-hybridized carbons (Fsp3) is 0.429. The summed E-state index contributed by atoms with van der Waals surface area (Å²) in [6.07, 6.45) is 1.80. The Morgan fingerprint density at radius 3 is 2.89 bits per heavy atom. The van der Waals surface area contributed by atoms with Gasteiger partial charge in [-0.25, -0.2) is 4.98 Å². The highest BCUT2D eigenvalue weighted by atomic mass is 79.9. The van der Waals surface area contributed by atoms with E-state index in [1.54, 1.807) is 0 Å². The van der Waals surface area contributed by atoms with Gasteiger partial charge in [-0.3, -0.25) is 4.79 Å². The molecule has 0 bridgehead atoms. The number of aryl methyl sites for hydroxylation is 2. The average molecular weight is 341 g/mol. The first kappa shape index (κ1) is 14.5. The van der Waals surface area contributed by atoms with Crippen LogP contribution in [0.1, 0.15) is 30.9 Å². The number of aromatic nitrogens is 1. The van der Waals surface area contributed by atoms with Crippen molar-refractivity contribution in [3.8, 4) is 0 Å². The summed E-state index contributed by atoms with van der Waals surface area (Å²) < 4.78 is 1.12. The molecule has 1 amide bonds. The highest BCUT2D eigenvalue weighted by Gasteiger charge is 2.16. The van der Waals surface area contributed by atoms with Gasteiger partial charge in [-0.15, -0.1) is 0 Å². The number of thiazole rings is 1. The van der Waals surface area contributed by atoms with Gasteiger partial charge < -0.3 is 5.32 Å². The van der Waals surface area contributed by atoms with Crippen LogP contribution in [0.2, 0.25) is 0 Å². The summed E-state index contributed by atoms with van der Waals surface area (Å²) in [7, 11) is 0. The third kappa shape index (κ3) is 3.34. The molecule has 102 valence electrons. The van der Waals surface area contributed by atoms with E-state index >= 15 is 0 Å². The normalized spacial score (nSPS) is 12.6. The Morgan fingerprint density at radius 2 is 2.21 bits per heavy atom. The van der Waals surface area contributed by atoms with Gasteiger partial charge in [0.15, 0.2) is 5.13 Å². The monoisotopic (exact) mass is 340 g/mol. The molecule has 3 nitrogen and oxygen atoms in total. The number of alkyl halides is 1. The minimum Gasteiger partial charge on any atom is -0.301 e. The van der Waals surface area contributed by atoms with Gasteiger partial charge in [0.05, 0.1) is 15.0 Å². The molecule has 0 aliphatic heterocycles. The van der Waals surface area contributed by atoms with Crippen molar-refractivity contribution in [3.05, 3.63) is 23.3 Å². The summed E-state index contributed by atoms with van der Waals surface area (Å²) in [4.78, 5) is 16.3. The Morgan fingerprint density at radius 1 is 1.47 bits per heavy atom. The molecule has 0 aliphatic carbocycles. The molecule has 19 heavy (non-hydrogen) atoms. The van der Waals surface area contributed by atoms with Gasteiger partial charge in [-0.05, 0) is 37.5 Å².